The first-order chi connectivity index (χ1) is 10.6. The number of rotatable bonds is 5. The Morgan fingerprint density at radius 2 is 1.70 bits per heavy atom. The van der Waals surface area contributed by atoms with Crippen LogP contribution in [0.4, 0.5) is 0 Å². The van der Waals surface area contributed by atoms with Gasteiger partial charge in [-0.15, -0.1) is 0 Å². The fraction of sp³-hybridized carbons (Fsp3) is 0.143. The third kappa shape index (κ3) is 4.44. The van der Waals surface area contributed by atoms with E-state index in [0.29, 0.717) is 5.56 Å². The van der Waals surface area contributed by atoms with Crippen molar-refractivity contribution >= 4 is 7.82 Å². The quantitative estimate of drug-likeness (QED) is 0.348. The Hall–Kier alpha value is -2.09. The molecular weight excluding hydrogens is 327 g/mol. The molecule has 0 radical (unpaired) electrons. The Kier molecular flexibility index (Phi) is 4.65. The molecule has 2 rings (SSSR count). The largest absolute Gasteiger partial charge is 0.524 e. The van der Waals surface area contributed by atoms with Crippen molar-refractivity contribution in [3.05, 3.63) is 53.6 Å². The van der Waals surface area contributed by atoms with Crippen molar-refractivity contribution in [2.75, 3.05) is 0 Å². The first-order valence-electron chi connectivity index (χ1n) is 6.39. The minimum atomic E-state index is -4.97. The average Bonchev–Trinajstić information content (AvgIpc) is 2.35. The van der Waals surface area contributed by atoms with Crippen molar-refractivity contribution in [3.63, 3.8) is 0 Å². The topological polar surface area (TPSA) is 148 Å². The maximum atomic E-state index is 11.0. The summed E-state index contributed by atoms with van der Waals surface area (Å²) in [6.45, 7) is 0. The maximum Gasteiger partial charge on any atom is 0.524 e. The molecule has 0 amide bonds. The van der Waals surface area contributed by atoms with Gasteiger partial charge >= 0.3 is 7.82 Å². The lowest BCUT2D eigenvalue weighted by Crippen LogP contribution is -2.28. The Labute approximate surface area is 131 Å². The van der Waals surface area contributed by atoms with Gasteiger partial charge in [-0.1, -0.05) is 18.2 Å². The van der Waals surface area contributed by atoms with Gasteiger partial charge in [0.1, 0.15) is 17.2 Å². The molecule has 9 heteroatoms. The number of phosphoric ester groups is 1. The molecule has 0 aliphatic rings. The number of hydrogen-bond donors (Lipinski definition) is 6. The van der Waals surface area contributed by atoms with E-state index in [-0.39, 0.29) is 5.75 Å². The van der Waals surface area contributed by atoms with Crippen molar-refractivity contribution in [3.8, 4) is 17.2 Å². The van der Waals surface area contributed by atoms with E-state index >= 15 is 0 Å². The summed E-state index contributed by atoms with van der Waals surface area (Å²) in [6.07, 6.45) is -0.462. The van der Waals surface area contributed by atoms with Crippen LogP contribution in [0.3, 0.4) is 0 Å². The summed E-state index contributed by atoms with van der Waals surface area (Å²) in [4.78, 5) is 17.8. The number of aromatic hydroxyl groups is 2. The highest BCUT2D eigenvalue weighted by atomic mass is 31.2. The minimum Gasteiger partial charge on any atom is -0.508 e. The van der Waals surface area contributed by atoms with Crippen LogP contribution in [0.2, 0.25) is 0 Å². The summed E-state index contributed by atoms with van der Waals surface area (Å²) in [6, 6.07) is 9.09. The standard InChI is InChI=1S/C14H15O8P/c15-10-4-1-3-9(7-10)8-14(17,18)13-11(16)5-2-6-12(13)22-23(19,20)21/h1-7,15-18H,8H2,(H2,19,20,21). The molecule has 0 unspecified atom stereocenters. The molecule has 2 aromatic carbocycles. The van der Waals surface area contributed by atoms with Crippen LogP contribution in [0.1, 0.15) is 11.1 Å². The molecule has 124 valence electrons. The van der Waals surface area contributed by atoms with Gasteiger partial charge in [-0.3, -0.25) is 9.79 Å². The van der Waals surface area contributed by atoms with Crippen molar-refractivity contribution in [1.82, 2.24) is 0 Å². The molecule has 0 heterocycles. The number of phosphoric acid groups is 1. The van der Waals surface area contributed by atoms with Crippen molar-refractivity contribution in [2.45, 2.75) is 12.2 Å². The fourth-order valence-corrected chi connectivity index (χ4v) is 2.57. The van der Waals surface area contributed by atoms with Gasteiger partial charge in [-0.05, 0) is 29.8 Å². The third-order valence-electron chi connectivity index (χ3n) is 2.98. The van der Waals surface area contributed by atoms with E-state index in [1.165, 1.54) is 30.3 Å². The van der Waals surface area contributed by atoms with E-state index in [4.69, 9.17) is 9.79 Å². The van der Waals surface area contributed by atoms with Crippen LogP contribution in [0.15, 0.2) is 42.5 Å². The Morgan fingerprint density at radius 3 is 2.30 bits per heavy atom. The first-order valence-corrected chi connectivity index (χ1v) is 7.92. The number of aliphatic hydroxyl groups is 2. The number of benzene rings is 2. The van der Waals surface area contributed by atoms with Crippen LogP contribution in [-0.2, 0) is 16.8 Å². The first kappa shape index (κ1) is 17.3. The Bertz CT molecular complexity index is 752. The van der Waals surface area contributed by atoms with Crippen molar-refractivity contribution in [1.29, 1.82) is 0 Å². The lowest BCUT2D eigenvalue weighted by Gasteiger charge is -2.25. The van der Waals surface area contributed by atoms with Crippen molar-refractivity contribution in [2.24, 2.45) is 0 Å². The number of phenolic OH excluding ortho intramolecular Hbond substituents is 2. The number of hydrogen-bond acceptors (Lipinski definition) is 6. The van der Waals surface area contributed by atoms with Gasteiger partial charge in [0.05, 0.1) is 5.56 Å². The molecule has 0 saturated carbocycles. The lowest BCUT2D eigenvalue weighted by atomic mass is 9.96. The van der Waals surface area contributed by atoms with E-state index in [9.17, 15) is 25.0 Å². The summed E-state index contributed by atoms with van der Waals surface area (Å²) in [5, 5.41) is 39.8. The van der Waals surface area contributed by atoms with Gasteiger partial charge in [0.2, 0.25) is 5.79 Å². The predicted molar refractivity (Wildman–Crippen MR) is 78.7 cm³/mol. The fourth-order valence-electron chi connectivity index (χ4n) is 2.17. The third-order valence-corrected chi connectivity index (χ3v) is 3.42. The Morgan fingerprint density at radius 1 is 1.04 bits per heavy atom. The predicted octanol–water partition coefficient (Wildman–Crippen LogP) is 0.949. The summed E-state index contributed by atoms with van der Waals surface area (Å²) in [5.41, 5.74) is -0.271. The SMILES string of the molecule is O=P(O)(O)Oc1cccc(O)c1C(O)(O)Cc1cccc(O)c1. The second-order valence-corrected chi connectivity index (χ2v) is 6.06. The normalized spacial score (nSPS) is 12.2. The average molecular weight is 342 g/mol. The van der Waals surface area contributed by atoms with Gasteiger partial charge in [-0.25, -0.2) is 4.57 Å². The molecule has 0 bridgehead atoms. The van der Waals surface area contributed by atoms with Gasteiger partial charge in [0.15, 0.2) is 0 Å². The molecule has 0 aromatic heterocycles. The van der Waals surface area contributed by atoms with Gasteiger partial charge in [-0.2, -0.15) is 0 Å². The van der Waals surface area contributed by atoms with Gasteiger partial charge < -0.3 is 24.9 Å². The van der Waals surface area contributed by atoms with Gasteiger partial charge in [0.25, 0.3) is 0 Å². The summed E-state index contributed by atoms with van der Waals surface area (Å²) >= 11 is 0. The molecule has 2 aromatic rings. The molecule has 6 N–H and O–H groups in total. The molecule has 8 nitrogen and oxygen atoms in total. The van der Waals surface area contributed by atoms with Crippen LogP contribution >= 0.6 is 7.82 Å². The Balaban J connectivity index is 2.44. The highest BCUT2D eigenvalue weighted by Crippen LogP contribution is 2.45. The molecule has 23 heavy (non-hydrogen) atoms. The van der Waals surface area contributed by atoms with E-state index in [2.05, 4.69) is 4.52 Å². The molecule has 0 saturated heterocycles. The van der Waals surface area contributed by atoms with Gasteiger partial charge in [0, 0.05) is 6.42 Å². The zero-order valence-corrected chi connectivity index (χ0v) is 12.6. The van der Waals surface area contributed by atoms with Crippen LogP contribution in [0, 0.1) is 0 Å². The van der Waals surface area contributed by atoms with E-state index in [1.54, 1.807) is 0 Å². The maximum absolute atomic E-state index is 11.0. The lowest BCUT2D eigenvalue weighted by molar-refractivity contribution is -0.169. The number of phenols is 2. The summed E-state index contributed by atoms with van der Waals surface area (Å²) in [7, 11) is -4.97. The van der Waals surface area contributed by atoms with Crippen LogP contribution in [0.5, 0.6) is 17.2 Å². The van der Waals surface area contributed by atoms with E-state index < -0.39 is 37.1 Å². The second-order valence-electron chi connectivity index (χ2n) is 4.90. The van der Waals surface area contributed by atoms with Crippen LogP contribution in [-0.4, -0.2) is 30.2 Å². The molecule has 0 atom stereocenters. The molecule has 0 aliphatic heterocycles. The van der Waals surface area contributed by atoms with E-state index in [0.717, 1.165) is 12.1 Å². The summed E-state index contributed by atoms with van der Waals surface area (Å²) < 4.78 is 15.4. The van der Waals surface area contributed by atoms with Crippen LogP contribution < -0.4 is 4.52 Å². The molecule has 0 fully saturated rings. The highest BCUT2D eigenvalue weighted by Gasteiger charge is 2.35. The molecular formula is C14H15O8P. The minimum absolute atomic E-state index is 0.0951. The van der Waals surface area contributed by atoms with Crippen LogP contribution in [0.25, 0.3) is 0 Å². The zero-order chi connectivity index (χ0) is 17.3. The van der Waals surface area contributed by atoms with Crippen molar-refractivity contribution < 1.29 is 39.3 Å². The highest BCUT2D eigenvalue weighted by molar-refractivity contribution is 7.46. The molecule has 0 aliphatic carbocycles. The van der Waals surface area contributed by atoms with E-state index in [1.807, 2.05) is 0 Å². The molecule has 0 spiro atoms. The monoisotopic (exact) mass is 342 g/mol. The zero-order valence-electron chi connectivity index (χ0n) is 11.7. The second kappa shape index (κ2) is 6.19. The summed E-state index contributed by atoms with van der Waals surface area (Å²) in [5.74, 6) is -3.96. The smallest absolute Gasteiger partial charge is 0.508 e.